The number of benzene rings is 1. The van der Waals surface area contributed by atoms with Gasteiger partial charge >= 0.3 is 6.03 Å². The van der Waals surface area contributed by atoms with Crippen molar-refractivity contribution in [2.24, 2.45) is 17.3 Å². The molecule has 1 aliphatic rings. The van der Waals surface area contributed by atoms with E-state index in [4.69, 9.17) is 0 Å². The van der Waals surface area contributed by atoms with Crippen LogP contribution >= 0.6 is 15.9 Å². The highest BCUT2D eigenvalue weighted by atomic mass is 79.9. The molecule has 0 bridgehead atoms. The average Bonchev–Trinajstić information content (AvgIpc) is 2.45. The van der Waals surface area contributed by atoms with Crippen LogP contribution in [0.4, 0.5) is 10.5 Å². The van der Waals surface area contributed by atoms with Gasteiger partial charge in [0, 0.05) is 22.5 Å². The first-order chi connectivity index (χ1) is 10.7. The van der Waals surface area contributed by atoms with Crippen molar-refractivity contribution in [1.29, 1.82) is 0 Å². The smallest absolute Gasteiger partial charge is 0.308 e. The van der Waals surface area contributed by atoms with Crippen LogP contribution in [0, 0.1) is 17.3 Å². The van der Waals surface area contributed by atoms with Crippen molar-refractivity contribution in [2.75, 3.05) is 5.32 Å². The minimum absolute atomic E-state index is 0.0110. The van der Waals surface area contributed by atoms with Crippen LogP contribution in [0.3, 0.4) is 0 Å². The van der Waals surface area contributed by atoms with E-state index in [1.165, 1.54) is 0 Å². The van der Waals surface area contributed by atoms with Gasteiger partial charge in [-0.3, -0.25) is 14.9 Å². The molecule has 124 valence electrons. The van der Waals surface area contributed by atoms with E-state index >= 15 is 0 Å². The summed E-state index contributed by atoms with van der Waals surface area (Å²) in [5.74, 6) is -0.0203. The summed E-state index contributed by atoms with van der Waals surface area (Å²) in [6, 6.07) is 6.53. The van der Waals surface area contributed by atoms with Gasteiger partial charge in [0.05, 0.1) is 0 Å². The number of rotatable bonds is 4. The lowest BCUT2D eigenvalue weighted by atomic mass is 9.52. The number of imide groups is 1. The molecule has 0 heterocycles. The Labute approximate surface area is 144 Å². The Morgan fingerprint density at radius 2 is 1.83 bits per heavy atom. The number of nitrogens with one attached hydrogen (secondary N) is 2. The van der Waals surface area contributed by atoms with Crippen molar-refractivity contribution in [3.05, 3.63) is 28.7 Å². The summed E-state index contributed by atoms with van der Waals surface area (Å²) in [5, 5.41) is 4.95. The van der Waals surface area contributed by atoms with Crippen molar-refractivity contribution in [2.45, 2.75) is 33.6 Å². The second-order valence-electron chi connectivity index (χ2n) is 6.63. The fourth-order valence-corrected chi connectivity index (χ4v) is 3.41. The van der Waals surface area contributed by atoms with Crippen LogP contribution in [0.5, 0.6) is 0 Å². The summed E-state index contributed by atoms with van der Waals surface area (Å²) >= 11 is 3.31. The molecule has 3 amide bonds. The molecule has 0 saturated heterocycles. The summed E-state index contributed by atoms with van der Waals surface area (Å²) in [5.41, 5.74) is 0.421. The standard InChI is InChI=1S/C17H21BrN2O3/c1-10(21)14-8-11(17(14,2)3)9-15(22)20-16(23)19-13-6-4-12(18)5-7-13/h4-7,11,14H,8-9H2,1-3H3,(H2,19,20,22,23). The minimum atomic E-state index is -0.544. The molecular weight excluding hydrogens is 360 g/mol. The quantitative estimate of drug-likeness (QED) is 0.835. The van der Waals surface area contributed by atoms with Crippen LogP contribution in [0.25, 0.3) is 0 Å². The van der Waals surface area contributed by atoms with Gasteiger partial charge in [0.25, 0.3) is 0 Å². The highest BCUT2D eigenvalue weighted by Crippen LogP contribution is 2.53. The predicted octanol–water partition coefficient (Wildman–Crippen LogP) is 3.74. The molecule has 23 heavy (non-hydrogen) atoms. The first-order valence-corrected chi connectivity index (χ1v) is 8.36. The number of anilines is 1. The maximum atomic E-state index is 12.0. The van der Waals surface area contributed by atoms with Crippen LogP contribution in [0.15, 0.2) is 28.7 Å². The second-order valence-corrected chi connectivity index (χ2v) is 7.55. The number of hydrogen-bond acceptors (Lipinski definition) is 3. The van der Waals surface area contributed by atoms with Gasteiger partial charge < -0.3 is 5.32 Å². The van der Waals surface area contributed by atoms with Crippen LogP contribution in [0.1, 0.15) is 33.6 Å². The van der Waals surface area contributed by atoms with Gasteiger partial charge in [-0.25, -0.2) is 4.79 Å². The summed E-state index contributed by atoms with van der Waals surface area (Å²) in [6.45, 7) is 5.60. The molecule has 0 radical (unpaired) electrons. The number of amides is 3. The summed E-state index contributed by atoms with van der Waals surface area (Å²) in [7, 11) is 0. The van der Waals surface area contributed by atoms with E-state index in [9.17, 15) is 14.4 Å². The van der Waals surface area contributed by atoms with Crippen LogP contribution < -0.4 is 10.6 Å². The molecule has 2 rings (SSSR count). The maximum absolute atomic E-state index is 12.0. The second kappa shape index (κ2) is 6.83. The van der Waals surface area contributed by atoms with E-state index in [2.05, 4.69) is 26.6 Å². The monoisotopic (exact) mass is 380 g/mol. The van der Waals surface area contributed by atoms with E-state index < -0.39 is 6.03 Å². The predicted molar refractivity (Wildman–Crippen MR) is 92.0 cm³/mol. The Kier molecular flexibility index (Phi) is 5.24. The fraction of sp³-hybridized carbons (Fsp3) is 0.471. The molecule has 0 aromatic heterocycles. The van der Waals surface area contributed by atoms with Gasteiger partial charge in [-0.05, 0) is 48.9 Å². The molecule has 6 heteroatoms. The summed E-state index contributed by atoms with van der Waals surface area (Å²) in [6.07, 6.45) is 0.967. The van der Waals surface area contributed by atoms with Crippen molar-refractivity contribution >= 4 is 39.3 Å². The van der Waals surface area contributed by atoms with E-state index in [1.54, 1.807) is 31.2 Å². The molecule has 2 N–H and O–H groups in total. The lowest BCUT2D eigenvalue weighted by Gasteiger charge is -2.51. The Morgan fingerprint density at radius 3 is 2.35 bits per heavy atom. The Hall–Kier alpha value is -1.69. The molecule has 1 fully saturated rings. The SMILES string of the molecule is CC(=O)C1CC(CC(=O)NC(=O)Nc2ccc(Br)cc2)C1(C)C. The first kappa shape index (κ1) is 17.7. The number of carbonyl (C=O) groups is 3. The summed E-state index contributed by atoms with van der Waals surface area (Å²) < 4.78 is 0.909. The number of Topliss-reactive ketones (excluding diaryl/α,β-unsaturated/α-hetero) is 1. The van der Waals surface area contributed by atoms with Crippen molar-refractivity contribution < 1.29 is 14.4 Å². The number of halogens is 1. The number of ketones is 1. The molecule has 2 unspecified atom stereocenters. The van der Waals surface area contributed by atoms with E-state index in [0.717, 1.165) is 4.47 Å². The normalized spacial score (nSPS) is 21.9. The largest absolute Gasteiger partial charge is 0.325 e. The van der Waals surface area contributed by atoms with Gasteiger partial charge in [-0.15, -0.1) is 0 Å². The molecule has 2 atom stereocenters. The molecular formula is C17H21BrN2O3. The highest BCUT2D eigenvalue weighted by molar-refractivity contribution is 9.10. The third kappa shape index (κ3) is 4.19. The zero-order valence-electron chi connectivity index (χ0n) is 13.5. The van der Waals surface area contributed by atoms with E-state index in [0.29, 0.717) is 12.1 Å². The molecule has 1 aromatic rings. The zero-order valence-corrected chi connectivity index (χ0v) is 15.1. The topological polar surface area (TPSA) is 75.3 Å². The van der Waals surface area contributed by atoms with Crippen molar-refractivity contribution in [1.82, 2.24) is 5.32 Å². The third-order valence-electron chi connectivity index (χ3n) is 4.75. The van der Waals surface area contributed by atoms with Gasteiger partial charge in [-0.2, -0.15) is 0 Å². The lowest BCUT2D eigenvalue weighted by Crippen LogP contribution is -2.50. The fourth-order valence-electron chi connectivity index (χ4n) is 3.15. The molecule has 1 aliphatic carbocycles. The van der Waals surface area contributed by atoms with E-state index in [-0.39, 0.29) is 35.4 Å². The number of urea groups is 1. The lowest BCUT2D eigenvalue weighted by molar-refractivity contribution is -0.140. The van der Waals surface area contributed by atoms with Crippen molar-refractivity contribution in [3.8, 4) is 0 Å². The molecule has 0 aliphatic heterocycles. The molecule has 1 saturated carbocycles. The van der Waals surface area contributed by atoms with Gasteiger partial charge in [0.15, 0.2) is 0 Å². The zero-order chi connectivity index (χ0) is 17.2. The van der Waals surface area contributed by atoms with Crippen molar-refractivity contribution in [3.63, 3.8) is 0 Å². The number of hydrogen-bond donors (Lipinski definition) is 2. The van der Waals surface area contributed by atoms with Crippen LogP contribution in [-0.4, -0.2) is 17.7 Å². The summed E-state index contributed by atoms with van der Waals surface area (Å²) in [4.78, 5) is 35.3. The molecule has 0 spiro atoms. The highest BCUT2D eigenvalue weighted by Gasteiger charge is 2.50. The Balaban J connectivity index is 1.82. The van der Waals surface area contributed by atoms with Gasteiger partial charge in [-0.1, -0.05) is 29.8 Å². The number of carbonyl (C=O) groups excluding carboxylic acids is 3. The van der Waals surface area contributed by atoms with Gasteiger partial charge in [0.2, 0.25) is 5.91 Å². The first-order valence-electron chi connectivity index (χ1n) is 7.57. The maximum Gasteiger partial charge on any atom is 0.325 e. The average molecular weight is 381 g/mol. The Morgan fingerprint density at radius 1 is 1.22 bits per heavy atom. The molecule has 1 aromatic carbocycles. The van der Waals surface area contributed by atoms with Crippen LogP contribution in [0.2, 0.25) is 0 Å². The molecule has 5 nitrogen and oxygen atoms in total. The minimum Gasteiger partial charge on any atom is -0.308 e. The van der Waals surface area contributed by atoms with Crippen LogP contribution in [-0.2, 0) is 9.59 Å². The van der Waals surface area contributed by atoms with E-state index in [1.807, 2.05) is 13.8 Å². The Bertz CT molecular complexity index is 625. The van der Waals surface area contributed by atoms with Gasteiger partial charge in [0.1, 0.15) is 5.78 Å². The third-order valence-corrected chi connectivity index (χ3v) is 5.28.